The minimum atomic E-state index is 0.358. The topological polar surface area (TPSA) is 21.1 Å². The van der Waals surface area contributed by atoms with Crippen LogP contribution < -0.4 is 0 Å². The van der Waals surface area contributed by atoms with Crippen LogP contribution in [0.1, 0.15) is 31.6 Å². The van der Waals surface area contributed by atoms with Crippen LogP contribution in [-0.4, -0.2) is 27.5 Å². The van der Waals surface area contributed by atoms with Crippen molar-refractivity contribution in [3.63, 3.8) is 0 Å². The molecule has 1 atom stereocenters. The van der Waals surface area contributed by atoms with Gasteiger partial charge in [0.15, 0.2) is 0 Å². The van der Waals surface area contributed by atoms with Gasteiger partial charge in [0.05, 0.1) is 23.6 Å². The van der Waals surface area contributed by atoms with Crippen LogP contribution in [-0.2, 0) is 6.54 Å². The zero-order valence-electron chi connectivity index (χ0n) is 11.8. The molecule has 1 aromatic heterocycles. The van der Waals surface area contributed by atoms with Crippen LogP contribution in [0.5, 0.6) is 0 Å². The van der Waals surface area contributed by atoms with Crippen LogP contribution in [0.25, 0.3) is 11.0 Å². The van der Waals surface area contributed by atoms with Gasteiger partial charge in [-0.2, -0.15) is 0 Å². The normalized spacial score (nSPS) is 17.7. The molecule has 2 heterocycles. The number of likely N-dealkylation sites (tertiary alicyclic amines) is 1. The Morgan fingerprint density at radius 3 is 2.75 bits per heavy atom. The van der Waals surface area contributed by atoms with Crippen molar-refractivity contribution in [2.24, 2.45) is 0 Å². The Balaban J connectivity index is 2.05. The van der Waals surface area contributed by atoms with Gasteiger partial charge in [0.25, 0.3) is 0 Å². The molecule has 106 valence electrons. The average Bonchev–Trinajstić information content (AvgIpc) is 3.06. The first-order valence-electron chi connectivity index (χ1n) is 7.19. The van der Waals surface area contributed by atoms with Crippen molar-refractivity contribution in [3.8, 4) is 0 Å². The second-order valence-corrected chi connectivity index (χ2v) is 6.60. The Labute approximate surface area is 128 Å². The smallest absolute Gasteiger partial charge is 0.127 e. The highest BCUT2D eigenvalue weighted by molar-refractivity contribution is 9.11. The van der Waals surface area contributed by atoms with Gasteiger partial charge in [-0.05, 0) is 45.0 Å². The molecule has 1 aliphatic heterocycles. The van der Waals surface area contributed by atoms with E-state index in [4.69, 9.17) is 4.98 Å². The summed E-state index contributed by atoms with van der Waals surface area (Å²) in [6.45, 7) is 9.39. The fourth-order valence-corrected chi connectivity index (χ4v) is 3.29. The number of imidazole rings is 1. The fourth-order valence-electron chi connectivity index (χ4n) is 3.04. The summed E-state index contributed by atoms with van der Waals surface area (Å²) in [6, 6.07) is 8.70. The van der Waals surface area contributed by atoms with E-state index in [0.29, 0.717) is 6.04 Å². The third-order valence-corrected chi connectivity index (χ3v) is 4.33. The van der Waals surface area contributed by atoms with Gasteiger partial charge in [0.2, 0.25) is 0 Å². The highest BCUT2D eigenvalue weighted by Crippen LogP contribution is 2.28. The number of halogens is 1. The van der Waals surface area contributed by atoms with Crippen molar-refractivity contribution >= 4 is 27.0 Å². The first-order chi connectivity index (χ1) is 9.66. The van der Waals surface area contributed by atoms with E-state index in [-0.39, 0.29) is 0 Å². The molecule has 0 spiro atoms. The Bertz CT molecular complexity index is 626. The molecule has 0 amide bonds. The standard InChI is InChI=1S/C16H20BrN3/c1-12(17)11-20-15-8-4-3-7-14(15)18-16(20)13(2)19-9-5-6-10-19/h3-4,7-8,13H,1,5-6,9-11H2,2H3. The molecule has 0 aliphatic carbocycles. The summed E-state index contributed by atoms with van der Waals surface area (Å²) < 4.78 is 3.27. The Morgan fingerprint density at radius 1 is 1.35 bits per heavy atom. The molecule has 4 heteroatoms. The lowest BCUT2D eigenvalue weighted by Gasteiger charge is -2.24. The van der Waals surface area contributed by atoms with E-state index in [1.165, 1.54) is 31.4 Å². The lowest BCUT2D eigenvalue weighted by molar-refractivity contribution is 0.249. The number of fused-ring (bicyclic) bond motifs is 1. The van der Waals surface area contributed by atoms with Crippen molar-refractivity contribution in [1.82, 2.24) is 14.5 Å². The van der Waals surface area contributed by atoms with E-state index in [0.717, 1.165) is 22.4 Å². The molecule has 0 radical (unpaired) electrons. The zero-order valence-corrected chi connectivity index (χ0v) is 13.4. The average molecular weight is 334 g/mol. The lowest BCUT2D eigenvalue weighted by atomic mass is 10.2. The Hall–Kier alpha value is -1.13. The maximum atomic E-state index is 4.87. The minimum Gasteiger partial charge on any atom is -0.322 e. The molecule has 1 unspecified atom stereocenters. The summed E-state index contributed by atoms with van der Waals surface area (Å²) in [5.41, 5.74) is 2.26. The highest BCUT2D eigenvalue weighted by Gasteiger charge is 2.24. The summed E-state index contributed by atoms with van der Waals surface area (Å²) >= 11 is 3.49. The quantitative estimate of drug-likeness (QED) is 0.839. The van der Waals surface area contributed by atoms with Crippen molar-refractivity contribution in [2.45, 2.75) is 32.4 Å². The van der Waals surface area contributed by atoms with E-state index in [1.807, 2.05) is 6.07 Å². The number of hydrogen-bond donors (Lipinski definition) is 0. The lowest BCUT2D eigenvalue weighted by Crippen LogP contribution is -2.26. The SMILES string of the molecule is C=C(Br)Cn1c(C(C)N2CCCC2)nc2ccccc21. The van der Waals surface area contributed by atoms with Crippen molar-refractivity contribution in [1.29, 1.82) is 0 Å². The van der Waals surface area contributed by atoms with Gasteiger partial charge in [0, 0.05) is 4.48 Å². The summed E-state index contributed by atoms with van der Waals surface area (Å²) in [7, 11) is 0. The molecule has 20 heavy (non-hydrogen) atoms. The fraction of sp³-hybridized carbons (Fsp3) is 0.438. The number of para-hydroxylation sites is 2. The van der Waals surface area contributed by atoms with Crippen LogP contribution in [0, 0.1) is 0 Å². The molecular weight excluding hydrogens is 314 g/mol. The van der Waals surface area contributed by atoms with E-state index in [1.54, 1.807) is 0 Å². The van der Waals surface area contributed by atoms with Gasteiger partial charge in [-0.3, -0.25) is 4.90 Å². The minimum absolute atomic E-state index is 0.358. The maximum Gasteiger partial charge on any atom is 0.127 e. The van der Waals surface area contributed by atoms with E-state index < -0.39 is 0 Å². The van der Waals surface area contributed by atoms with Gasteiger partial charge in [-0.25, -0.2) is 4.98 Å². The predicted octanol–water partition coefficient (Wildman–Crippen LogP) is 4.10. The van der Waals surface area contributed by atoms with E-state index in [9.17, 15) is 0 Å². The molecule has 1 fully saturated rings. The number of hydrogen-bond acceptors (Lipinski definition) is 2. The van der Waals surface area contributed by atoms with Gasteiger partial charge in [-0.1, -0.05) is 34.6 Å². The van der Waals surface area contributed by atoms with E-state index in [2.05, 4.69) is 57.1 Å². The van der Waals surface area contributed by atoms with Gasteiger partial charge < -0.3 is 4.57 Å². The monoisotopic (exact) mass is 333 g/mol. The molecule has 1 saturated heterocycles. The molecule has 1 aromatic carbocycles. The summed E-state index contributed by atoms with van der Waals surface area (Å²) in [5, 5.41) is 0. The Morgan fingerprint density at radius 2 is 2.05 bits per heavy atom. The van der Waals surface area contributed by atoms with Crippen molar-refractivity contribution in [3.05, 3.63) is 41.2 Å². The Kier molecular flexibility index (Phi) is 3.94. The molecule has 3 rings (SSSR count). The van der Waals surface area contributed by atoms with Crippen molar-refractivity contribution < 1.29 is 0 Å². The van der Waals surface area contributed by atoms with Crippen LogP contribution in [0.2, 0.25) is 0 Å². The van der Waals surface area contributed by atoms with Crippen LogP contribution >= 0.6 is 15.9 Å². The maximum absolute atomic E-state index is 4.87. The summed E-state index contributed by atoms with van der Waals surface area (Å²) in [5.74, 6) is 1.15. The van der Waals surface area contributed by atoms with Crippen LogP contribution in [0.4, 0.5) is 0 Å². The second kappa shape index (κ2) is 5.70. The third-order valence-electron chi connectivity index (χ3n) is 4.08. The summed E-state index contributed by atoms with van der Waals surface area (Å²) in [4.78, 5) is 7.39. The molecule has 0 saturated carbocycles. The van der Waals surface area contributed by atoms with Gasteiger partial charge in [-0.15, -0.1) is 0 Å². The number of rotatable bonds is 4. The van der Waals surface area contributed by atoms with E-state index >= 15 is 0 Å². The first-order valence-corrected chi connectivity index (χ1v) is 7.98. The molecule has 2 aromatic rings. The number of allylic oxidation sites excluding steroid dienone is 1. The van der Waals surface area contributed by atoms with Gasteiger partial charge >= 0.3 is 0 Å². The predicted molar refractivity (Wildman–Crippen MR) is 87.0 cm³/mol. The van der Waals surface area contributed by atoms with Gasteiger partial charge in [0.1, 0.15) is 5.82 Å². The third kappa shape index (κ3) is 2.54. The molecule has 1 aliphatic rings. The summed E-state index contributed by atoms with van der Waals surface area (Å²) in [6.07, 6.45) is 2.60. The first kappa shape index (κ1) is 13.8. The molecular formula is C16H20BrN3. The molecule has 0 N–H and O–H groups in total. The second-order valence-electron chi connectivity index (χ2n) is 5.48. The van der Waals surface area contributed by atoms with Crippen LogP contribution in [0.15, 0.2) is 35.3 Å². The number of aromatic nitrogens is 2. The molecule has 3 nitrogen and oxygen atoms in total. The van der Waals surface area contributed by atoms with Crippen molar-refractivity contribution in [2.75, 3.05) is 13.1 Å². The van der Waals surface area contributed by atoms with Crippen LogP contribution in [0.3, 0.4) is 0 Å². The largest absolute Gasteiger partial charge is 0.322 e. The highest BCUT2D eigenvalue weighted by atomic mass is 79.9. The number of benzene rings is 1. The molecule has 0 bridgehead atoms. The number of nitrogens with zero attached hydrogens (tertiary/aromatic N) is 3. The zero-order chi connectivity index (χ0) is 14.1.